The van der Waals surface area contributed by atoms with Crippen molar-refractivity contribution >= 4 is 17.7 Å². The Morgan fingerprint density at radius 3 is 3.13 bits per heavy atom. The fraction of sp³-hybridized carbons (Fsp3) is 0.300. The molecule has 2 rings (SSSR count). The number of aliphatic carboxylic acids is 1. The van der Waals surface area contributed by atoms with Crippen LogP contribution in [-0.2, 0) is 9.59 Å². The number of allylic oxidation sites excluding steroid dienone is 2. The molecule has 15 heavy (non-hydrogen) atoms. The van der Waals surface area contributed by atoms with Crippen LogP contribution >= 0.6 is 0 Å². The van der Waals surface area contributed by atoms with Crippen molar-refractivity contribution in [2.45, 2.75) is 6.42 Å². The first-order valence-electron chi connectivity index (χ1n) is 4.62. The van der Waals surface area contributed by atoms with Gasteiger partial charge < -0.3 is 10.0 Å². The average molecular weight is 206 g/mol. The maximum atomic E-state index is 11.4. The summed E-state index contributed by atoms with van der Waals surface area (Å²) < 4.78 is 0. The molecule has 1 N–H and O–H groups in total. The molecular weight excluding hydrogens is 196 g/mol. The van der Waals surface area contributed by atoms with Crippen molar-refractivity contribution in [2.75, 3.05) is 6.54 Å². The molecule has 1 atom stereocenters. The lowest BCUT2D eigenvalue weighted by atomic mass is 10.0. The van der Waals surface area contributed by atoms with Gasteiger partial charge in [-0.3, -0.25) is 9.59 Å². The molecule has 78 valence electrons. The van der Waals surface area contributed by atoms with E-state index in [1.807, 2.05) is 6.08 Å². The van der Waals surface area contributed by atoms with Gasteiger partial charge in [0.2, 0.25) is 0 Å². The van der Waals surface area contributed by atoms with Crippen LogP contribution in [0.2, 0.25) is 0 Å². The number of carboxylic acids is 1. The van der Waals surface area contributed by atoms with Crippen molar-refractivity contribution < 1.29 is 14.7 Å². The highest BCUT2D eigenvalue weighted by atomic mass is 16.4. The molecule has 2 aliphatic heterocycles. The van der Waals surface area contributed by atoms with Crippen LogP contribution in [0.15, 0.2) is 29.4 Å². The van der Waals surface area contributed by atoms with Gasteiger partial charge in [0.15, 0.2) is 0 Å². The van der Waals surface area contributed by atoms with Crippen molar-refractivity contribution in [3.63, 3.8) is 0 Å². The van der Waals surface area contributed by atoms with E-state index < -0.39 is 11.9 Å². The lowest BCUT2D eigenvalue weighted by molar-refractivity contribution is -0.140. The second-order valence-corrected chi connectivity index (χ2v) is 3.46. The standard InChI is InChI=1S/C10H10N2O3/c13-9(14)5-7-6-12-4-2-1-3-8(12)11-10(7)15/h1-4,7H,5-6H2,(H,13,14). The first-order chi connectivity index (χ1) is 7.16. The molecule has 1 unspecified atom stereocenters. The third-order valence-corrected chi connectivity index (χ3v) is 2.33. The molecule has 2 heterocycles. The smallest absolute Gasteiger partial charge is 0.304 e. The number of amidine groups is 1. The van der Waals surface area contributed by atoms with Crippen LogP contribution in [0.5, 0.6) is 0 Å². The number of carboxylic acid groups (broad SMARTS) is 1. The van der Waals surface area contributed by atoms with Gasteiger partial charge in [0.25, 0.3) is 5.91 Å². The van der Waals surface area contributed by atoms with E-state index >= 15 is 0 Å². The van der Waals surface area contributed by atoms with Crippen LogP contribution in [0.25, 0.3) is 0 Å². The minimum absolute atomic E-state index is 0.163. The normalized spacial score (nSPS) is 23.7. The number of hydrogen-bond acceptors (Lipinski definition) is 3. The van der Waals surface area contributed by atoms with Gasteiger partial charge in [-0.1, -0.05) is 6.08 Å². The predicted octanol–water partition coefficient (Wildman–Crippen LogP) is 0.401. The van der Waals surface area contributed by atoms with Crippen molar-refractivity contribution in [3.05, 3.63) is 24.4 Å². The van der Waals surface area contributed by atoms with Crippen LogP contribution in [-0.4, -0.2) is 34.3 Å². The number of aliphatic imine (C=N–C) groups is 1. The Kier molecular flexibility index (Phi) is 2.37. The van der Waals surface area contributed by atoms with E-state index in [-0.39, 0.29) is 12.3 Å². The summed E-state index contributed by atoms with van der Waals surface area (Å²) in [5.41, 5.74) is 0. The average Bonchev–Trinajstić information content (AvgIpc) is 2.18. The van der Waals surface area contributed by atoms with Crippen LogP contribution in [0, 0.1) is 5.92 Å². The lowest BCUT2D eigenvalue weighted by Gasteiger charge is -2.29. The SMILES string of the molecule is O=C(O)CC1CN2C=CC=CC2=NC1=O. The molecule has 0 aromatic rings. The number of rotatable bonds is 2. The summed E-state index contributed by atoms with van der Waals surface area (Å²) in [4.78, 5) is 27.6. The van der Waals surface area contributed by atoms with E-state index in [0.29, 0.717) is 12.4 Å². The van der Waals surface area contributed by atoms with Crippen LogP contribution in [0.4, 0.5) is 0 Å². The highest BCUT2D eigenvalue weighted by Crippen LogP contribution is 2.17. The second kappa shape index (κ2) is 3.68. The zero-order valence-corrected chi connectivity index (χ0v) is 7.96. The van der Waals surface area contributed by atoms with E-state index in [1.165, 1.54) is 0 Å². The molecule has 0 spiro atoms. The van der Waals surface area contributed by atoms with Gasteiger partial charge in [0.05, 0.1) is 12.3 Å². The Balaban J connectivity index is 2.18. The fourth-order valence-corrected chi connectivity index (χ4v) is 1.61. The maximum Gasteiger partial charge on any atom is 0.304 e. The number of amides is 1. The van der Waals surface area contributed by atoms with E-state index in [2.05, 4.69) is 4.99 Å². The summed E-state index contributed by atoms with van der Waals surface area (Å²) in [6, 6.07) is 0. The number of nitrogens with zero attached hydrogens (tertiary/aromatic N) is 2. The van der Waals surface area contributed by atoms with E-state index in [1.54, 1.807) is 23.3 Å². The molecule has 0 aromatic carbocycles. The summed E-state index contributed by atoms with van der Waals surface area (Å²) in [7, 11) is 0. The van der Waals surface area contributed by atoms with Gasteiger partial charge in [-0.25, -0.2) is 0 Å². The van der Waals surface area contributed by atoms with Gasteiger partial charge >= 0.3 is 5.97 Å². The quantitative estimate of drug-likeness (QED) is 0.710. The first-order valence-corrected chi connectivity index (χ1v) is 4.62. The summed E-state index contributed by atoms with van der Waals surface area (Å²) in [6.45, 7) is 0.394. The number of carbonyl (C=O) groups excluding carboxylic acids is 1. The Morgan fingerprint density at radius 2 is 2.40 bits per heavy atom. The minimum atomic E-state index is -0.969. The van der Waals surface area contributed by atoms with E-state index in [0.717, 1.165) is 0 Å². The van der Waals surface area contributed by atoms with Gasteiger partial charge in [-0.05, 0) is 12.2 Å². The molecule has 0 fully saturated rings. The number of hydrogen-bond donors (Lipinski definition) is 1. The zero-order chi connectivity index (χ0) is 10.8. The lowest BCUT2D eigenvalue weighted by Crippen LogP contribution is -2.40. The Labute approximate surface area is 86.4 Å². The van der Waals surface area contributed by atoms with Crippen LogP contribution in [0.1, 0.15) is 6.42 Å². The van der Waals surface area contributed by atoms with Gasteiger partial charge in [0, 0.05) is 12.7 Å². The topological polar surface area (TPSA) is 70.0 Å². The largest absolute Gasteiger partial charge is 0.481 e. The Bertz CT molecular complexity index is 395. The van der Waals surface area contributed by atoms with Gasteiger partial charge in [0.1, 0.15) is 5.84 Å². The molecule has 2 aliphatic rings. The molecule has 0 saturated heterocycles. The predicted molar refractivity (Wildman–Crippen MR) is 53.2 cm³/mol. The summed E-state index contributed by atoms with van der Waals surface area (Å²) in [6.07, 6.45) is 6.98. The summed E-state index contributed by atoms with van der Waals surface area (Å²) >= 11 is 0. The van der Waals surface area contributed by atoms with Gasteiger partial charge in [-0.15, -0.1) is 0 Å². The number of carbonyl (C=O) groups is 2. The van der Waals surface area contributed by atoms with Crippen LogP contribution in [0.3, 0.4) is 0 Å². The second-order valence-electron chi connectivity index (χ2n) is 3.46. The maximum absolute atomic E-state index is 11.4. The molecular formula is C10H10N2O3. The van der Waals surface area contributed by atoms with Crippen molar-refractivity contribution in [1.29, 1.82) is 0 Å². The summed E-state index contributed by atoms with van der Waals surface area (Å²) in [5.74, 6) is -1.27. The van der Waals surface area contributed by atoms with Crippen molar-refractivity contribution in [2.24, 2.45) is 10.9 Å². The molecule has 1 amide bonds. The zero-order valence-electron chi connectivity index (χ0n) is 7.96. The van der Waals surface area contributed by atoms with E-state index in [4.69, 9.17) is 5.11 Å². The fourth-order valence-electron chi connectivity index (χ4n) is 1.61. The Hall–Kier alpha value is -1.91. The third kappa shape index (κ3) is 1.96. The Morgan fingerprint density at radius 1 is 1.60 bits per heavy atom. The molecule has 0 saturated carbocycles. The third-order valence-electron chi connectivity index (χ3n) is 2.33. The summed E-state index contributed by atoms with van der Waals surface area (Å²) in [5, 5.41) is 8.63. The molecule has 5 nitrogen and oxygen atoms in total. The number of fused-ring (bicyclic) bond motifs is 1. The van der Waals surface area contributed by atoms with Crippen molar-refractivity contribution in [1.82, 2.24) is 4.90 Å². The van der Waals surface area contributed by atoms with E-state index in [9.17, 15) is 9.59 Å². The highest BCUT2D eigenvalue weighted by Gasteiger charge is 2.29. The monoisotopic (exact) mass is 206 g/mol. The first kappa shape index (κ1) is 9.64. The van der Waals surface area contributed by atoms with Crippen molar-refractivity contribution in [3.8, 4) is 0 Å². The minimum Gasteiger partial charge on any atom is -0.481 e. The van der Waals surface area contributed by atoms with Gasteiger partial charge in [-0.2, -0.15) is 4.99 Å². The van der Waals surface area contributed by atoms with Crippen LogP contribution < -0.4 is 0 Å². The molecule has 0 aliphatic carbocycles. The molecule has 0 radical (unpaired) electrons. The highest BCUT2D eigenvalue weighted by molar-refractivity contribution is 6.05. The molecule has 0 bridgehead atoms. The molecule has 5 heteroatoms. The molecule has 0 aromatic heterocycles.